The number of ether oxygens (including phenoxy) is 1. The van der Waals surface area contributed by atoms with Gasteiger partial charge in [-0.05, 0) is 42.7 Å². The van der Waals surface area contributed by atoms with Crippen LogP contribution >= 0.6 is 11.3 Å². The molecule has 0 radical (unpaired) electrons. The fourth-order valence-corrected chi connectivity index (χ4v) is 3.11. The second kappa shape index (κ2) is 9.20. The molecule has 0 unspecified atom stereocenters. The zero-order valence-corrected chi connectivity index (χ0v) is 14.9. The van der Waals surface area contributed by atoms with E-state index in [-0.39, 0.29) is 0 Å². The number of rotatable bonds is 7. The Kier molecular flexibility index (Phi) is 6.94. The van der Waals surface area contributed by atoms with E-state index in [4.69, 9.17) is 4.74 Å². The number of aliphatic imine (C=N–C) groups is 1. The molecule has 0 spiro atoms. The van der Waals surface area contributed by atoms with Crippen LogP contribution in [0.3, 0.4) is 0 Å². The maximum atomic E-state index is 5.17. The van der Waals surface area contributed by atoms with Gasteiger partial charge in [0.25, 0.3) is 0 Å². The van der Waals surface area contributed by atoms with Crippen LogP contribution in [-0.4, -0.2) is 26.7 Å². The highest BCUT2D eigenvalue weighted by atomic mass is 32.1. The van der Waals surface area contributed by atoms with Gasteiger partial charge in [-0.3, -0.25) is 4.99 Å². The molecule has 0 saturated carbocycles. The summed E-state index contributed by atoms with van der Waals surface area (Å²) in [4.78, 5) is 7.02. The van der Waals surface area contributed by atoms with Gasteiger partial charge < -0.3 is 15.4 Å². The van der Waals surface area contributed by atoms with Crippen molar-refractivity contribution in [3.8, 4) is 5.75 Å². The predicted molar refractivity (Wildman–Crippen MR) is 98.6 cm³/mol. The Morgan fingerprint density at radius 3 is 2.43 bits per heavy atom. The molecule has 124 valence electrons. The highest BCUT2D eigenvalue weighted by molar-refractivity contribution is 7.11. The molecule has 2 aromatic rings. The molecular formula is C18H25N3OS. The first kappa shape index (κ1) is 17.3. The molecule has 5 heteroatoms. The molecule has 0 aliphatic rings. The predicted octanol–water partition coefficient (Wildman–Crippen LogP) is 3.23. The third-order valence-electron chi connectivity index (χ3n) is 3.58. The SMILES string of the molecule is CCc1ccc(CNC(=NC)NCCc2ccc(OC)cc2)s1. The lowest BCUT2D eigenvalue weighted by Crippen LogP contribution is -2.37. The summed E-state index contributed by atoms with van der Waals surface area (Å²) in [5.41, 5.74) is 1.28. The molecule has 2 rings (SSSR count). The van der Waals surface area contributed by atoms with Crippen LogP contribution in [0.1, 0.15) is 22.2 Å². The molecule has 1 heterocycles. The Balaban J connectivity index is 1.73. The summed E-state index contributed by atoms with van der Waals surface area (Å²) < 4.78 is 5.17. The Bertz CT molecular complexity index is 619. The highest BCUT2D eigenvalue weighted by Gasteiger charge is 2.01. The van der Waals surface area contributed by atoms with Crippen molar-refractivity contribution in [2.45, 2.75) is 26.3 Å². The standard InChI is InChI=1S/C18H25N3OS/c1-4-16-9-10-17(23-16)13-21-18(19-2)20-12-11-14-5-7-15(22-3)8-6-14/h5-10H,4,11-13H2,1-3H3,(H2,19,20,21). The first-order chi connectivity index (χ1) is 11.2. The van der Waals surface area contributed by atoms with Crippen molar-refractivity contribution in [2.24, 2.45) is 4.99 Å². The van der Waals surface area contributed by atoms with Crippen LogP contribution in [0.5, 0.6) is 5.75 Å². The van der Waals surface area contributed by atoms with Crippen molar-refractivity contribution in [3.63, 3.8) is 0 Å². The van der Waals surface area contributed by atoms with Gasteiger partial charge in [-0.15, -0.1) is 11.3 Å². The van der Waals surface area contributed by atoms with Crippen LogP contribution < -0.4 is 15.4 Å². The molecule has 0 fully saturated rings. The number of thiophene rings is 1. The fourth-order valence-electron chi connectivity index (χ4n) is 2.22. The molecule has 0 saturated heterocycles. The third kappa shape index (κ3) is 5.60. The lowest BCUT2D eigenvalue weighted by Gasteiger charge is -2.11. The van der Waals surface area contributed by atoms with Gasteiger partial charge in [0.1, 0.15) is 5.75 Å². The Morgan fingerprint density at radius 1 is 1.09 bits per heavy atom. The molecule has 0 bridgehead atoms. The minimum Gasteiger partial charge on any atom is -0.497 e. The van der Waals surface area contributed by atoms with E-state index >= 15 is 0 Å². The summed E-state index contributed by atoms with van der Waals surface area (Å²) in [5, 5.41) is 6.71. The third-order valence-corrected chi connectivity index (χ3v) is 4.81. The van der Waals surface area contributed by atoms with Gasteiger partial charge in [-0.25, -0.2) is 0 Å². The smallest absolute Gasteiger partial charge is 0.191 e. The van der Waals surface area contributed by atoms with Crippen molar-refractivity contribution in [2.75, 3.05) is 20.7 Å². The number of nitrogens with zero attached hydrogens (tertiary/aromatic N) is 1. The number of benzene rings is 1. The maximum Gasteiger partial charge on any atom is 0.191 e. The van der Waals surface area contributed by atoms with Crippen molar-refractivity contribution in [1.29, 1.82) is 0 Å². The summed E-state index contributed by atoms with van der Waals surface area (Å²) in [7, 11) is 3.48. The van der Waals surface area contributed by atoms with Gasteiger partial charge in [-0.1, -0.05) is 19.1 Å². The summed E-state index contributed by atoms with van der Waals surface area (Å²) in [5.74, 6) is 1.73. The molecule has 0 amide bonds. The first-order valence-corrected chi connectivity index (χ1v) is 8.71. The molecular weight excluding hydrogens is 306 g/mol. The summed E-state index contributed by atoms with van der Waals surface area (Å²) in [6, 6.07) is 12.5. The topological polar surface area (TPSA) is 45.7 Å². The van der Waals surface area contributed by atoms with Gasteiger partial charge in [-0.2, -0.15) is 0 Å². The van der Waals surface area contributed by atoms with E-state index < -0.39 is 0 Å². The molecule has 0 aliphatic carbocycles. The number of hydrogen-bond acceptors (Lipinski definition) is 3. The number of methoxy groups -OCH3 is 1. The Hall–Kier alpha value is -2.01. The van der Waals surface area contributed by atoms with Gasteiger partial charge in [0.15, 0.2) is 5.96 Å². The molecule has 4 nitrogen and oxygen atoms in total. The van der Waals surface area contributed by atoms with Gasteiger partial charge in [0.05, 0.1) is 13.7 Å². The largest absolute Gasteiger partial charge is 0.497 e. The average Bonchev–Trinajstić information content (AvgIpc) is 3.06. The van der Waals surface area contributed by atoms with Gasteiger partial charge in [0.2, 0.25) is 0 Å². The molecule has 0 aliphatic heterocycles. The maximum absolute atomic E-state index is 5.17. The summed E-state index contributed by atoms with van der Waals surface area (Å²) >= 11 is 1.85. The van der Waals surface area contributed by atoms with E-state index in [1.807, 2.05) is 23.5 Å². The molecule has 1 aromatic carbocycles. The van der Waals surface area contributed by atoms with Crippen LogP contribution in [-0.2, 0) is 19.4 Å². The van der Waals surface area contributed by atoms with Crippen LogP contribution in [0.15, 0.2) is 41.4 Å². The van der Waals surface area contributed by atoms with E-state index in [2.05, 4.69) is 46.8 Å². The second-order valence-electron chi connectivity index (χ2n) is 5.17. The van der Waals surface area contributed by atoms with Gasteiger partial charge >= 0.3 is 0 Å². The van der Waals surface area contributed by atoms with E-state index in [1.54, 1.807) is 14.2 Å². The average molecular weight is 331 g/mol. The van der Waals surface area contributed by atoms with E-state index in [0.717, 1.165) is 37.6 Å². The van der Waals surface area contributed by atoms with Crippen LogP contribution in [0.4, 0.5) is 0 Å². The number of hydrogen-bond donors (Lipinski definition) is 2. The van der Waals surface area contributed by atoms with Crippen LogP contribution in [0.2, 0.25) is 0 Å². The number of aryl methyl sites for hydroxylation is 1. The minimum atomic E-state index is 0.812. The molecule has 1 aromatic heterocycles. The molecule has 23 heavy (non-hydrogen) atoms. The zero-order chi connectivity index (χ0) is 16.5. The summed E-state index contributed by atoms with van der Waals surface area (Å²) in [6.07, 6.45) is 2.04. The quantitative estimate of drug-likeness (QED) is 0.605. The van der Waals surface area contributed by atoms with Crippen molar-refractivity contribution < 1.29 is 4.74 Å². The zero-order valence-electron chi connectivity index (χ0n) is 14.1. The van der Waals surface area contributed by atoms with Crippen molar-refractivity contribution >= 4 is 17.3 Å². The monoisotopic (exact) mass is 331 g/mol. The minimum absolute atomic E-state index is 0.812. The first-order valence-electron chi connectivity index (χ1n) is 7.90. The van der Waals surface area contributed by atoms with Crippen LogP contribution in [0, 0.1) is 0 Å². The number of nitrogens with one attached hydrogen (secondary N) is 2. The summed E-state index contributed by atoms with van der Waals surface area (Å²) in [6.45, 7) is 3.84. The second-order valence-corrected chi connectivity index (χ2v) is 6.43. The van der Waals surface area contributed by atoms with E-state index in [0.29, 0.717) is 0 Å². The molecule has 0 atom stereocenters. The number of guanidine groups is 1. The lowest BCUT2D eigenvalue weighted by atomic mass is 10.1. The highest BCUT2D eigenvalue weighted by Crippen LogP contribution is 2.16. The van der Waals surface area contributed by atoms with Crippen molar-refractivity contribution in [1.82, 2.24) is 10.6 Å². The van der Waals surface area contributed by atoms with Gasteiger partial charge in [0, 0.05) is 23.3 Å². The van der Waals surface area contributed by atoms with E-state index in [1.165, 1.54) is 15.3 Å². The fraction of sp³-hybridized carbons (Fsp3) is 0.389. The van der Waals surface area contributed by atoms with Crippen molar-refractivity contribution in [3.05, 3.63) is 51.7 Å². The van der Waals surface area contributed by atoms with E-state index in [9.17, 15) is 0 Å². The van der Waals surface area contributed by atoms with Crippen LogP contribution in [0.25, 0.3) is 0 Å². The Morgan fingerprint density at radius 2 is 1.83 bits per heavy atom. The Labute approximate surface area is 142 Å². The lowest BCUT2D eigenvalue weighted by molar-refractivity contribution is 0.414. The normalized spacial score (nSPS) is 11.3. The molecule has 2 N–H and O–H groups in total.